The fourth-order valence-corrected chi connectivity index (χ4v) is 2.61. The zero-order valence-corrected chi connectivity index (χ0v) is 13.0. The Balaban J connectivity index is 1.47. The molecule has 0 bridgehead atoms. The highest BCUT2D eigenvalue weighted by atomic mass is 16.5. The van der Waals surface area contributed by atoms with Crippen LogP contribution in [0.3, 0.4) is 0 Å². The molecule has 1 unspecified atom stereocenters. The Morgan fingerprint density at radius 1 is 1.27 bits per heavy atom. The van der Waals surface area contributed by atoms with Crippen molar-refractivity contribution in [3.05, 3.63) is 35.9 Å². The summed E-state index contributed by atoms with van der Waals surface area (Å²) < 4.78 is 11.0. The Bertz CT molecular complexity index is 534. The maximum absolute atomic E-state index is 12.2. The maximum atomic E-state index is 12.2. The van der Waals surface area contributed by atoms with Crippen LogP contribution in [0.15, 0.2) is 30.3 Å². The first-order valence-corrected chi connectivity index (χ1v) is 7.97. The summed E-state index contributed by atoms with van der Waals surface area (Å²) in [7, 11) is 1.64. The first-order chi connectivity index (χ1) is 10.7. The molecule has 1 heterocycles. The van der Waals surface area contributed by atoms with Gasteiger partial charge in [0.25, 0.3) is 0 Å². The number of methoxy groups -OCH3 is 1. The third-order valence-corrected chi connectivity index (χ3v) is 4.26. The molecule has 2 aliphatic rings. The summed E-state index contributed by atoms with van der Waals surface area (Å²) in [6.45, 7) is 2.38. The van der Waals surface area contributed by atoms with Crippen LogP contribution in [0.25, 0.3) is 6.08 Å². The van der Waals surface area contributed by atoms with Crippen LogP contribution < -0.4 is 4.74 Å². The van der Waals surface area contributed by atoms with Crippen LogP contribution in [0.1, 0.15) is 24.8 Å². The molecule has 1 saturated heterocycles. The predicted octanol–water partition coefficient (Wildman–Crippen LogP) is 2.74. The molecule has 1 aliphatic carbocycles. The number of hydrogen-bond donors (Lipinski definition) is 0. The van der Waals surface area contributed by atoms with E-state index in [0.29, 0.717) is 0 Å². The monoisotopic (exact) mass is 301 g/mol. The molecule has 118 valence electrons. The number of amides is 1. The maximum Gasteiger partial charge on any atom is 0.246 e. The number of likely N-dealkylation sites (tertiary alicyclic amines) is 1. The number of ether oxygens (including phenoxy) is 2. The molecule has 1 amide bonds. The van der Waals surface area contributed by atoms with Crippen molar-refractivity contribution in [2.24, 2.45) is 5.92 Å². The molecule has 1 aliphatic heterocycles. The van der Waals surface area contributed by atoms with E-state index in [4.69, 9.17) is 9.47 Å². The van der Waals surface area contributed by atoms with Gasteiger partial charge in [-0.2, -0.15) is 0 Å². The molecular formula is C18H23NO3. The van der Waals surface area contributed by atoms with Crippen LogP contribution in [-0.2, 0) is 9.53 Å². The van der Waals surface area contributed by atoms with Gasteiger partial charge in [0.15, 0.2) is 0 Å². The van der Waals surface area contributed by atoms with E-state index in [1.54, 1.807) is 13.2 Å². The van der Waals surface area contributed by atoms with Gasteiger partial charge in [0.1, 0.15) is 5.75 Å². The first-order valence-electron chi connectivity index (χ1n) is 7.97. The van der Waals surface area contributed by atoms with Gasteiger partial charge in [0.2, 0.25) is 5.91 Å². The van der Waals surface area contributed by atoms with Crippen molar-refractivity contribution in [1.29, 1.82) is 0 Å². The highest BCUT2D eigenvalue weighted by Gasteiger charge is 2.28. The van der Waals surface area contributed by atoms with Gasteiger partial charge < -0.3 is 14.4 Å². The van der Waals surface area contributed by atoms with Gasteiger partial charge in [0.05, 0.1) is 13.2 Å². The Morgan fingerprint density at radius 2 is 2.05 bits per heavy atom. The topological polar surface area (TPSA) is 38.8 Å². The lowest BCUT2D eigenvalue weighted by Gasteiger charge is -2.14. The van der Waals surface area contributed by atoms with Gasteiger partial charge in [-0.25, -0.2) is 0 Å². The van der Waals surface area contributed by atoms with Crippen LogP contribution >= 0.6 is 0 Å². The van der Waals surface area contributed by atoms with Crippen LogP contribution in [0.2, 0.25) is 0 Å². The Kier molecular flexibility index (Phi) is 4.78. The number of rotatable bonds is 6. The highest BCUT2D eigenvalue weighted by molar-refractivity contribution is 5.92. The quantitative estimate of drug-likeness (QED) is 0.758. The van der Waals surface area contributed by atoms with Crippen molar-refractivity contribution in [3.8, 4) is 5.75 Å². The third-order valence-electron chi connectivity index (χ3n) is 4.26. The average molecular weight is 301 g/mol. The van der Waals surface area contributed by atoms with Crippen LogP contribution in [0.5, 0.6) is 5.75 Å². The number of benzene rings is 1. The van der Waals surface area contributed by atoms with Gasteiger partial charge >= 0.3 is 0 Å². The first kappa shape index (κ1) is 15.1. The summed E-state index contributed by atoms with van der Waals surface area (Å²) in [6, 6.07) is 7.66. The fraction of sp³-hybridized carbons (Fsp3) is 0.500. The van der Waals surface area contributed by atoms with Crippen molar-refractivity contribution >= 4 is 12.0 Å². The number of hydrogen-bond acceptors (Lipinski definition) is 3. The highest BCUT2D eigenvalue weighted by Crippen LogP contribution is 2.30. The summed E-state index contributed by atoms with van der Waals surface area (Å²) in [5.41, 5.74) is 0.995. The largest absolute Gasteiger partial charge is 0.497 e. The number of carbonyl (C=O) groups excluding carboxylic acids is 1. The molecule has 0 aromatic heterocycles. The molecule has 1 saturated carbocycles. The number of nitrogens with zero attached hydrogens (tertiary/aromatic N) is 1. The molecule has 0 spiro atoms. The minimum Gasteiger partial charge on any atom is -0.497 e. The second-order valence-corrected chi connectivity index (χ2v) is 6.08. The summed E-state index contributed by atoms with van der Waals surface area (Å²) >= 11 is 0. The summed E-state index contributed by atoms with van der Waals surface area (Å²) in [6.07, 6.45) is 7.28. The van der Waals surface area contributed by atoms with E-state index in [1.807, 2.05) is 35.2 Å². The Labute approximate surface area is 131 Å². The molecule has 1 aromatic rings. The molecule has 22 heavy (non-hydrogen) atoms. The molecule has 0 N–H and O–H groups in total. The molecule has 4 heteroatoms. The zero-order valence-electron chi connectivity index (χ0n) is 13.0. The molecule has 1 aromatic carbocycles. The van der Waals surface area contributed by atoms with Gasteiger partial charge in [0, 0.05) is 25.8 Å². The van der Waals surface area contributed by atoms with E-state index < -0.39 is 0 Å². The second kappa shape index (κ2) is 6.97. The standard InChI is InChI=1S/C18H23NO3/c1-21-16-7-4-14(5-8-16)6-9-18(20)19-11-10-17(12-19)22-13-15-2-3-15/h4-9,15,17H,2-3,10-13H2,1H3/b9-6+. The third kappa shape index (κ3) is 4.10. The zero-order chi connectivity index (χ0) is 15.4. The lowest BCUT2D eigenvalue weighted by Crippen LogP contribution is -2.28. The van der Waals surface area contributed by atoms with E-state index in [-0.39, 0.29) is 12.0 Å². The lowest BCUT2D eigenvalue weighted by molar-refractivity contribution is -0.125. The van der Waals surface area contributed by atoms with E-state index >= 15 is 0 Å². The molecule has 4 nitrogen and oxygen atoms in total. The minimum absolute atomic E-state index is 0.0633. The molecule has 2 fully saturated rings. The average Bonchev–Trinajstić information content (AvgIpc) is 3.27. The smallest absolute Gasteiger partial charge is 0.246 e. The summed E-state index contributed by atoms with van der Waals surface area (Å²) in [5.74, 6) is 1.66. The second-order valence-electron chi connectivity index (χ2n) is 6.08. The van der Waals surface area contributed by atoms with Crippen LogP contribution in [-0.4, -0.2) is 43.7 Å². The summed E-state index contributed by atoms with van der Waals surface area (Å²) in [4.78, 5) is 14.1. The van der Waals surface area contributed by atoms with Crippen molar-refractivity contribution < 1.29 is 14.3 Å². The van der Waals surface area contributed by atoms with E-state index in [2.05, 4.69) is 0 Å². The molecular weight excluding hydrogens is 278 g/mol. The van der Waals surface area contributed by atoms with Crippen LogP contribution in [0, 0.1) is 5.92 Å². The molecule has 0 radical (unpaired) electrons. The van der Waals surface area contributed by atoms with Gasteiger partial charge in [-0.15, -0.1) is 0 Å². The van der Waals surface area contributed by atoms with Gasteiger partial charge in [-0.05, 0) is 49.0 Å². The molecule has 3 rings (SSSR count). The van der Waals surface area contributed by atoms with Crippen molar-refractivity contribution in [2.45, 2.75) is 25.4 Å². The van der Waals surface area contributed by atoms with Crippen LogP contribution in [0.4, 0.5) is 0 Å². The Hall–Kier alpha value is -1.81. The fourth-order valence-electron chi connectivity index (χ4n) is 2.61. The van der Waals surface area contributed by atoms with Crippen molar-refractivity contribution in [3.63, 3.8) is 0 Å². The van der Waals surface area contributed by atoms with Gasteiger partial charge in [-0.3, -0.25) is 4.79 Å². The van der Waals surface area contributed by atoms with Crippen molar-refractivity contribution in [1.82, 2.24) is 4.90 Å². The summed E-state index contributed by atoms with van der Waals surface area (Å²) in [5, 5.41) is 0. The van der Waals surface area contributed by atoms with E-state index in [0.717, 1.165) is 43.3 Å². The van der Waals surface area contributed by atoms with E-state index in [9.17, 15) is 4.79 Å². The van der Waals surface area contributed by atoms with E-state index in [1.165, 1.54) is 12.8 Å². The number of carbonyl (C=O) groups is 1. The Morgan fingerprint density at radius 3 is 2.73 bits per heavy atom. The lowest BCUT2D eigenvalue weighted by atomic mass is 10.2. The van der Waals surface area contributed by atoms with Gasteiger partial charge in [-0.1, -0.05) is 12.1 Å². The van der Waals surface area contributed by atoms with Crippen molar-refractivity contribution in [2.75, 3.05) is 26.8 Å². The SMILES string of the molecule is COc1ccc(/C=C/C(=O)N2CCC(OCC3CC3)C2)cc1. The molecule has 1 atom stereocenters. The minimum atomic E-state index is 0.0633. The predicted molar refractivity (Wildman–Crippen MR) is 85.7 cm³/mol. The normalized spacial score (nSPS) is 21.5.